The van der Waals surface area contributed by atoms with Crippen molar-refractivity contribution in [1.82, 2.24) is 5.32 Å². The van der Waals surface area contributed by atoms with Crippen molar-refractivity contribution in [3.05, 3.63) is 48.6 Å². The van der Waals surface area contributed by atoms with Crippen LogP contribution < -0.4 is 5.32 Å². The van der Waals surface area contributed by atoms with Crippen LogP contribution in [0.5, 0.6) is 0 Å². The van der Waals surface area contributed by atoms with Crippen molar-refractivity contribution in [2.24, 2.45) is 0 Å². The van der Waals surface area contributed by atoms with E-state index in [9.17, 15) is 30.3 Å². The highest BCUT2D eigenvalue weighted by Gasteiger charge is 2.44. The lowest BCUT2D eigenvalue weighted by atomic mass is 9.99. The minimum atomic E-state index is -1.57. The summed E-state index contributed by atoms with van der Waals surface area (Å²) >= 11 is 0. The van der Waals surface area contributed by atoms with Gasteiger partial charge in [0.15, 0.2) is 6.29 Å². The van der Waals surface area contributed by atoms with E-state index >= 15 is 0 Å². The Morgan fingerprint density at radius 2 is 0.954 bits per heavy atom. The number of aliphatic hydroxyl groups is 5. The molecule has 0 spiro atoms. The summed E-state index contributed by atoms with van der Waals surface area (Å²) in [6.07, 6.45) is 53.4. The lowest BCUT2D eigenvalue weighted by Crippen LogP contribution is -2.60. The van der Waals surface area contributed by atoms with Crippen LogP contribution in [0, 0.1) is 0 Å². The number of hydrogen-bond donors (Lipinski definition) is 6. The van der Waals surface area contributed by atoms with Gasteiger partial charge in [-0.3, -0.25) is 4.79 Å². The second-order valence-corrected chi connectivity index (χ2v) is 19.0. The number of ether oxygens (including phenoxy) is 2. The van der Waals surface area contributed by atoms with Crippen molar-refractivity contribution in [2.45, 2.75) is 288 Å². The monoisotopic (exact) mass is 918 g/mol. The molecule has 1 amide bonds. The van der Waals surface area contributed by atoms with Crippen LogP contribution in [0.4, 0.5) is 0 Å². The molecule has 1 saturated heterocycles. The third-order valence-electron chi connectivity index (χ3n) is 12.9. The maximum absolute atomic E-state index is 13.0. The Morgan fingerprint density at radius 3 is 1.42 bits per heavy atom. The molecule has 0 bridgehead atoms. The summed E-state index contributed by atoms with van der Waals surface area (Å²) in [4.78, 5) is 13.0. The van der Waals surface area contributed by atoms with Crippen molar-refractivity contribution >= 4 is 5.91 Å². The van der Waals surface area contributed by atoms with E-state index < -0.39 is 49.5 Å². The summed E-state index contributed by atoms with van der Waals surface area (Å²) in [6, 6.07) is -0.821. The predicted molar refractivity (Wildman–Crippen MR) is 272 cm³/mol. The highest BCUT2D eigenvalue weighted by molar-refractivity contribution is 5.76. The fourth-order valence-corrected chi connectivity index (χ4v) is 8.58. The van der Waals surface area contributed by atoms with E-state index in [0.717, 1.165) is 64.2 Å². The Kier molecular flexibility index (Phi) is 43.2. The van der Waals surface area contributed by atoms with Gasteiger partial charge in [-0.1, -0.05) is 236 Å². The van der Waals surface area contributed by atoms with Crippen molar-refractivity contribution in [3.63, 3.8) is 0 Å². The zero-order valence-electron chi connectivity index (χ0n) is 42.0. The molecule has 1 aliphatic rings. The number of carbonyl (C=O) groups is 1. The van der Waals surface area contributed by atoms with Gasteiger partial charge in [-0.25, -0.2) is 0 Å². The average Bonchev–Trinajstić information content (AvgIpc) is 3.31. The topological polar surface area (TPSA) is 149 Å². The third-order valence-corrected chi connectivity index (χ3v) is 12.9. The lowest BCUT2D eigenvalue weighted by molar-refractivity contribution is -0.302. The summed E-state index contributed by atoms with van der Waals surface area (Å²) in [5.41, 5.74) is 0. The minimum absolute atomic E-state index is 0.201. The number of rotatable bonds is 46. The molecule has 0 aromatic carbocycles. The fraction of sp³-hybridized carbons (Fsp3) is 0.839. The molecule has 0 saturated carbocycles. The van der Waals surface area contributed by atoms with Gasteiger partial charge in [0.1, 0.15) is 24.4 Å². The predicted octanol–water partition coefficient (Wildman–Crippen LogP) is 13.0. The molecule has 1 aliphatic heterocycles. The zero-order chi connectivity index (χ0) is 47.3. The van der Waals surface area contributed by atoms with Gasteiger partial charge in [-0.2, -0.15) is 0 Å². The van der Waals surface area contributed by atoms with E-state index in [1.54, 1.807) is 6.08 Å². The van der Waals surface area contributed by atoms with Crippen LogP contribution in [0.2, 0.25) is 0 Å². The van der Waals surface area contributed by atoms with Crippen molar-refractivity contribution in [1.29, 1.82) is 0 Å². The van der Waals surface area contributed by atoms with Gasteiger partial charge in [0.2, 0.25) is 5.91 Å². The van der Waals surface area contributed by atoms with Gasteiger partial charge in [0.05, 0.1) is 25.4 Å². The van der Waals surface area contributed by atoms with Crippen molar-refractivity contribution in [2.75, 3.05) is 13.2 Å². The van der Waals surface area contributed by atoms with Gasteiger partial charge in [-0.05, 0) is 51.4 Å². The first-order valence-corrected chi connectivity index (χ1v) is 27.4. The molecule has 1 rings (SSSR count). The van der Waals surface area contributed by atoms with Gasteiger partial charge >= 0.3 is 0 Å². The Morgan fingerprint density at radius 1 is 0.538 bits per heavy atom. The first-order chi connectivity index (χ1) is 31.8. The number of carbonyl (C=O) groups excluding carboxylic acids is 1. The Hall–Kier alpha value is -1.85. The number of unbranched alkanes of at least 4 members (excludes halogenated alkanes) is 30. The van der Waals surface area contributed by atoms with E-state index in [4.69, 9.17) is 9.47 Å². The van der Waals surface area contributed by atoms with E-state index in [-0.39, 0.29) is 12.5 Å². The molecule has 9 nitrogen and oxygen atoms in total. The molecule has 1 fully saturated rings. The largest absolute Gasteiger partial charge is 0.394 e. The second kappa shape index (κ2) is 45.9. The van der Waals surface area contributed by atoms with E-state index in [1.165, 1.54) is 161 Å². The Balaban J connectivity index is 2.19. The van der Waals surface area contributed by atoms with Crippen LogP contribution >= 0.6 is 0 Å². The van der Waals surface area contributed by atoms with E-state index in [1.807, 2.05) is 6.08 Å². The van der Waals surface area contributed by atoms with Crippen molar-refractivity contribution < 1.29 is 39.8 Å². The quantitative estimate of drug-likeness (QED) is 0.0261. The molecular weight excluding hydrogens is 815 g/mol. The van der Waals surface area contributed by atoms with Crippen LogP contribution in [0.3, 0.4) is 0 Å². The summed E-state index contributed by atoms with van der Waals surface area (Å²) in [5.74, 6) is -0.205. The molecule has 6 N–H and O–H groups in total. The molecule has 0 radical (unpaired) electrons. The standard InChI is InChI=1S/C56H103NO8/c1-3-5-7-9-11-13-15-17-18-19-20-21-22-23-24-25-26-27-28-29-30-31-32-34-35-37-39-41-43-45-50(59)49(48-64-56-55(63)54(62)53(61)51(47-58)65-56)57-52(60)46-44-42-40-38-36-33-16-14-12-10-8-6-4-2/h6,8,12,14,33,36,43,45,49-51,53-56,58-59,61-63H,3-5,7,9-11,13,15-32,34-35,37-42,44,46-48H2,1-2H3,(H,57,60)/b8-6-,14-12-,36-33-,45-43+. The van der Waals surface area contributed by atoms with Crippen molar-refractivity contribution in [3.8, 4) is 0 Å². The van der Waals surface area contributed by atoms with E-state index in [2.05, 4.69) is 55.6 Å². The average molecular weight is 918 g/mol. The second-order valence-electron chi connectivity index (χ2n) is 19.0. The van der Waals surface area contributed by atoms with Crippen LogP contribution in [0.15, 0.2) is 48.6 Å². The molecule has 9 heteroatoms. The molecule has 380 valence electrons. The molecule has 65 heavy (non-hydrogen) atoms. The number of aliphatic hydroxyl groups excluding tert-OH is 5. The number of allylic oxidation sites excluding steroid dienone is 7. The number of amides is 1. The van der Waals surface area contributed by atoms with Gasteiger partial charge in [-0.15, -0.1) is 0 Å². The molecule has 1 heterocycles. The molecular formula is C56H103NO8. The molecule has 0 aromatic rings. The number of nitrogens with one attached hydrogen (secondary N) is 1. The number of hydrogen-bond acceptors (Lipinski definition) is 8. The Labute approximate surface area is 399 Å². The summed E-state index contributed by atoms with van der Waals surface area (Å²) in [7, 11) is 0. The maximum Gasteiger partial charge on any atom is 0.220 e. The third kappa shape index (κ3) is 35.9. The lowest BCUT2D eigenvalue weighted by Gasteiger charge is -2.40. The van der Waals surface area contributed by atoms with Crippen LogP contribution in [0.1, 0.15) is 245 Å². The summed E-state index contributed by atoms with van der Waals surface area (Å²) < 4.78 is 11.2. The zero-order valence-corrected chi connectivity index (χ0v) is 42.0. The molecule has 0 aliphatic carbocycles. The van der Waals surface area contributed by atoms with Gasteiger partial charge < -0.3 is 40.3 Å². The summed E-state index contributed by atoms with van der Waals surface area (Å²) in [6.45, 7) is 3.65. The van der Waals surface area contributed by atoms with Crippen LogP contribution in [0.25, 0.3) is 0 Å². The first-order valence-electron chi connectivity index (χ1n) is 27.4. The van der Waals surface area contributed by atoms with Gasteiger partial charge in [0.25, 0.3) is 0 Å². The highest BCUT2D eigenvalue weighted by Crippen LogP contribution is 2.23. The molecule has 7 atom stereocenters. The smallest absolute Gasteiger partial charge is 0.220 e. The molecule has 0 aromatic heterocycles. The van der Waals surface area contributed by atoms with Crippen LogP contribution in [-0.4, -0.2) is 87.5 Å². The minimum Gasteiger partial charge on any atom is -0.394 e. The van der Waals surface area contributed by atoms with Crippen LogP contribution in [-0.2, 0) is 14.3 Å². The van der Waals surface area contributed by atoms with Gasteiger partial charge in [0, 0.05) is 6.42 Å². The normalized spacial score (nSPS) is 20.3. The summed E-state index contributed by atoms with van der Waals surface area (Å²) in [5, 5.41) is 54.3. The fourth-order valence-electron chi connectivity index (χ4n) is 8.58. The highest BCUT2D eigenvalue weighted by atomic mass is 16.7. The Bertz CT molecular complexity index is 1160. The SMILES string of the molecule is CC/C=C\C/C=C\C/C=C\CCCCCC(=O)NC(COC1OC(CO)C(O)C(O)C1O)C(O)/C=C/CCCCCCCCCCCCCCCCCCCCCCCCCCCCC. The molecule has 7 unspecified atom stereocenters. The maximum atomic E-state index is 13.0. The van der Waals surface area contributed by atoms with E-state index in [0.29, 0.717) is 6.42 Å². The first kappa shape index (κ1) is 61.2.